The Morgan fingerprint density at radius 2 is 1.81 bits per heavy atom. The van der Waals surface area contributed by atoms with Crippen molar-refractivity contribution in [3.63, 3.8) is 0 Å². The first-order valence-electron chi connectivity index (χ1n) is 10.7. The Labute approximate surface area is 185 Å². The topological polar surface area (TPSA) is 122 Å². The minimum atomic E-state index is -1.02. The van der Waals surface area contributed by atoms with Crippen LogP contribution in [-0.2, 0) is 11.3 Å². The van der Waals surface area contributed by atoms with Crippen molar-refractivity contribution < 1.29 is 24.2 Å². The number of nitrogens with zero attached hydrogens (tertiary/aromatic N) is 5. The Bertz CT molecular complexity index is 932. The molecular formula is C21H28N6O5. The summed E-state index contributed by atoms with van der Waals surface area (Å²) in [6, 6.07) is 6.90. The van der Waals surface area contributed by atoms with Crippen LogP contribution in [0.15, 0.2) is 30.5 Å². The lowest BCUT2D eigenvalue weighted by Crippen LogP contribution is -2.49. The lowest BCUT2D eigenvalue weighted by molar-refractivity contribution is -0.0276. The molecule has 0 aliphatic carbocycles. The summed E-state index contributed by atoms with van der Waals surface area (Å²) in [5.41, 5.74) is -0.0901. The van der Waals surface area contributed by atoms with Crippen molar-refractivity contribution >= 4 is 17.6 Å². The molecule has 0 saturated carbocycles. The van der Waals surface area contributed by atoms with E-state index in [1.165, 1.54) is 4.68 Å². The normalized spacial score (nSPS) is 18.3. The van der Waals surface area contributed by atoms with E-state index in [0.29, 0.717) is 63.7 Å². The molecule has 2 aliphatic heterocycles. The maximum absolute atomic E-state index is 12.5. The van der Waals surface area contributed by atoms with Gasteiger partial charge < -0.3 is 29.7 Å². The standard InChI is InChI=1S/C21H28N6O5/c1-31-17-4-2-16(3-5-17)22-20(29)26-8-6-21(30,7-9-26)15-27-14-18(23-24-27)19(28)25-10-12-32-13-11-25/h2-5,14,30H,6-13,15H2,1H3,(H,22,29). The summed E-state index contributed by atoms with van der Waals surface area (Å²) < 4.78 is 11.9. The number of methoxy groups -OCH3 is 1. The third kappa shape index (κ3) is 5.17. The van der Waals surface area contributed by atoms with Gasteiger partial charge in [-0.1, -0.05) is 5.21 Å². The van der Waals surface area contributed by atoms with Crippen LogP contribution in [0.3, 0.4) is 0 Å². The van der Waals surface area contributed by atoms with Crippen molar-refractivity contribution in [1.82, 2.24) is 24.8 Å². The van der Waals surface area contributed by atoms with Gasteiger partial charge in [-0.25, -0.2) is 9.48 Å². The molecule has 2 saturated heterocycles. The summed E-state index contributed by atoms with van der Waals surface area (Å²) in [4.78, 5) is 28.4. The average Bonchev–Trinajstić information content (AvgIpc) is 3.28. The number of aliphatic hydroxyl groups is 1. The summed E-state index contributed by atoms with van der Waals surface area (Å²) in [6.45, 7) is 3.13. The number of carbonyl (C=O) groups excluding carboxylic acids is 2. The number of hydrogen-bond acceptors (Lipinski definition) is 7. The van der Waals surface area contributed by atoms with Gasteiger partial charge in [-0.3, -0.25) is 4.79 Å². The van der Waals surface area contributed by atoms with Crippen molar-refractivity contribution in [2.75, 3.05) is 51.8 Å². The summed E-state index contributed by atoms with van der Waals surface area (Å²) in [6.07, 6.45) is 2.36. The highest BCUT2D eigenvalue weighted by Crippen LogP contribution is 2.25. The molecule has 2 aromatic rings. The summed E-state index contributed by atoms with van der Waals surface area (Å²) in [5.74, 6) is 0.533. The molecular weight excluding hydrogens is 416 g/mol. The molecule has 2 aliphatic rings. The van der Waals surface area contributed by atoms with Gasteiger partial charge >= 0.3 is 6.03 Å². The molecule has 11 heteroatoms. The van der Waals surface area contributed by atoms with Gasteiger partial charge in [0.05, 0.1) is 38.7 Å². The van der Waals surface area contributed by atoms with Crippen LogP contribution in [0.25, 0.3) is 0 Å². The van der Waals surface area contributed by atoms with Crippen LogP contribution in [0.5, 0.6) is 5.75 Å². The van der Waals surface area contributed by atoms with E-state index in [4.69, 9.17) is 9.47 Å². The maximum Gasteiger partial charge on any atom is 0.321 e. The predicted molar refractivity (Wildman–Crippen MR) is 115 cm³/mol. The van der Waals surface area contributed by atoms with Crippen LogP contribution in [0.2, 0.25) is 0 Å². The number of amides is 3. The number of carbonyl (C=O) groups is 2. The van der Waals surface area contributed by atoms with Crippen molar-refractivity contribution in [2.24, 2.45) is 0 Å². The van der Waals surface area contributed by atoms with Gasteiger partial charge in [0.1, 0.15) is 5.75 Å². The van der Waals surface area contributed by atoms with E-state index >= 15 is 0 Å². The Hall–Kier alpha value is -3.18. The van der Waals surface area contributed by atoms with Crippen molar-refractivity contribution in [3.8, 4) is 5.75 Å². The van der Waals surface area contributed by atoms with Crippen LogP contribution in [0.4, 0.5) is 10.5 Å². The quantitative estimate of drug-likeness (QED) is 0.700. The first kappa shape index (κ1) is 22.0. The van der Waals surface area contributed by atoms with Crippen molar-refractivity contribution in [2.45, 2.75) is 25.0 Å². The fourth-order valence-corrected chi connectivity index (χ4v) is 3.86. The van der Waals surface area contributed by atoms with Crippen LogP contribution >= 0.6 is 0 Å². The van der Waals surface area contributed by atoms with Gasteiger partial charge in [-0.2, -0.15) is 0 Å². The number of likely N-dealkylation sites (tertiary alicyclic amines) is 1. The summed E-state index contributed by atoms with van der Waals surface area (Å²) >= 11 is 0. The van der Waals surface area contributed by atoms with E-state index < -0.39 is 5.60 Å². The highest BCUT2D eigenvalue weighted by molar-refractivity contribution is 5.92. The molecule has 4 rings (SSSR count). The van der Waals surface area contributed by atoms with Gasteiger partial charge in [0.15, 0.2) is 5.69 Å². The molecule has 32 heavy (non-hydrogen) atoms. The average molecular weight is 444 g/mol. The Morgan fingerprint density at radius 1 is 1.12 bits per heavy atom. The number of benzene rings is 1. The van der Waals surface area contributed by atoms with E-state index in [1.54, 1.807) is 47.4 Å². The fourth-order valence-electron chi connectivity index (χ4n) is 3.86. The molecule has 172 valence electrons. The smallest absolute Gasteiger partial charge is 0.321 e. The van der Waals surface area contributed by atoms with E-state index in [-0.39, 0.29) is 24.2 Å². The monoisotopic (exact) mass is 444 g/mol. The third-order valence-corrected chi connectivity index (χ3v) is 5.84. The SMILES string of the molecule is COc1ccc(NC(=O)N2CCC(O)(Cn3cc(C(=O)N4CCOCC4)nn3)CC2)cc1. The second-order valence-corrected chi connectivity index (χ2v) is 8.08. The lowest BCUT2D eigenvalue weighted by Gasteiger charge is -2.37. The van der Waals surface area contributed by atoms with Crippen molar-refractivity contribution in [3.05, 3.63) is 36.2 Å². The van der Waals surface area contributed by atoms with E-state index in [0.717, 1.165) is 0 Å². The highest BCUT2D eigenvalue weighted by Gasteiger charge is 2.35. The first-order chi connectivity index (χ1) is 15.5. The molecule has 2 fully saturated rings. The number of morpholine rings is 1. The molecule has 0 spiro atoms. The second-order valence-electron chi connectivity index (χ2n) is 8.08. The number of rotatable bonds is 5. The largest absolute Gasteiger partial charge is 0.497 e. The predicted octanol–water partition coefficient (Wildman–Crippen LogP) is 0.818. The first-order valence-corrected chi connectivity index (χ1v) is 10.7. The number of urea groups is 1. The molecule has 11 nitrogen and oxygen atoms in total. The minimum absolute atomic E-state index is 0.184. The molecule has 1 aromatic heterocycles. The number of ether oxygens (including phenoxy) is 2. The molecule has 1 aromatic carbocycles. The van der Waals surface area contributed by atoms with Crippen LogP contribution in [0.1, 0.15) is 23.3 Å². The second kappa shape index (κ2) is 9.53. The summed E-state index contributed by atoms with van der Waals surface area (Å²) in [7, 11) is 1.59. The lowest BCUT2D eigenvalue weighted by atomic mass is 9.91. The van der Waals surface area contributed by atoms with Gasteiger partial charge in [-0.05, 0) is 37.1 Å². The molecule has 0 atom stereocenters. The number of nitrogens with one attached hydrogen (secondary N) is 1. The van der Waals surface area contributed by atoms with Crippen LogP contribution < -0.4 is 10.1 Å². The molecule has 3 amide bonds. The number of anilines is 1. The third-order valence-electron chi connectivity index (χ3n) is 5.84. The zero-order valence-electron chi connectivity index (χ0n) is 18.1. The van der Waals surface area contributed by atoms with Crippen molar-refractivity contribution in [1.29, 1.82) is 0 Å². The van der Waals surface area contributed by atoms with Gasteiger partial charge in [0.2, 0.25) is 0 Å². The Kier molecular flexibility index (Phi) is 6.56. The number of aromatic nitrogens is 3. The van der Waals surface area contributed by atoms with E-state index in [2.05, 4.69) is 15.6 Å². The molecule has 0 bridgehead atoms. The zero-order valence-corrected chi connectivity index (χ0v) is 18.1. The van der Waals surface area contributed by atoms with E-state index in [1.807, 2.05) is 0 Å². The maximum atomic E-state index is 12.5. The van der Waals surface area contributed by atoms with Crippen LogP contribution in [-0.4, -0.2) is 93.9 Å². The number of piperidine rings is 1. The Morgan fingerprint density at radius 3 is 2.47 bits per heavy atom. The van der Waals surface area contributed by atoms with Gasteiger partial charge in [-0.15, -0.1) is 5.10 Å². The molecule has 0 radical (unpaired) electrons. The van der Waals surface area contributed by atoms with E-state index in [9.17, 15) is 14.7 Å². The molecule has 2 N–H and O–H groups in total. The zero-order chi connectivity index (χ0) is 22.6. The highest BCUT2D eigenvalue weighted by atomic mass is 16.5. The number of hydrogen-bond donors (Lipinski definition) is 2. The molecule has 0 unspecified atom stereocenters. The van der Waals surface area contributed by atoms with Crippen LogP contribution in [0, 0.1) is 0 Å². The van der Waals surface area contributed by atoms with Gasteiger partial charge in [0.25, 0.3) is 5.91 Å². The van der Waals surface area contributed by atoms with Gasteiger partial charge in [0, 0.05) is 31.9 Å². The molecule has 3 heterocycles. The fraction of sp³-hybridized carbons (Fsp3) is 0.524. The Balaban J connectivity index is 1.28. The minimum Gasteiger partial charge on any atom is -0.497 e. The summed E-state index contributed by atoms with van der Waals surface area (Å²) in [5, 5.41) is 21.9.